The standard InChI is InChI=1S/C21H28O2/c1-4-13-12-21(2)18(9-10-19(21)22)17-7-5-14-11-15(23-3)6-8-16(14)20(13)17/h6,8,11,13,17-18,20H,4-5,7,9-10,12H2,1-3H3/t13-,17-,18+,20-,21+/m1/s1. The molecule has 4 rings (SSSR count). The average molecular weight is 312 g/mol. The van der Waals surface area contributed by atoms with Gasteiger partial charge in [-0.15, -0.1) is 0 Å². The molecule has 2 nitrogen and oxygen atoms in total. The Hall–Kier alpha value is -1.31. The molecule has 5 atom stereocenters. The Bertz CT molecular complexity index is 635. The molecule has 0 radical (unpaired) electrons. The van der Waals surface area contributed by atoms with Crippen molar-refractivity contribution in [2.24, 2.45) is 23.2 Å². The minimum atomic E-state index is -0.0359. The zero-order chi connectivity index (χ0) is 16.2. The minimum Gasteiger partial charge on any atom is -0.497 e. The van der Waals surface area contributed by atoms with E-state index in [0.717, 1.165) is 31.4 Å². The second kappa shape index (κ2) is 5.36. The van der Waals surface area contributed by atoms with Crippen molar-refractivity contribution in [1.29, 1.82) is 0 Å². The number of carbonyl (C=O) groups excluding carboxylic acids is 1. The van der Waals surface area contributed by atoms with Crippen LogP contribution in [0.25, 0.3) is 0 Å². The van der Waals surface area contributed by atoms with Crippen LogP contribution in [0.5, 0.6) is 5.75 Å². The number of ketones is 1. The second-order valence-corrected chi connectivity index (χ2v) is 8.15. The first-order valence-electron chi connectivity index (χ1n) is 9.28. The summed E-state index contributed by atoms with van der Waals surface area (Å²) in [4.78, 5) is 12.6. The van der Waals surface area contributed by atoms with E-state index >= 15 is 0 Å². The van der Waals surface area contributed by atoms with Crippen molar-refractivity contribution < 1.29 is 9.53 Å². The van der Waals surface area contributed by atoms with Gasteiger partial charge in [0, 0.05) is 11.8 Å². The molecule has 1 aromatic rings. The van der Waals surface area contributed by atoms with Gasteiger partial charge in [0.15, 0.2) is 0 Å². The number of carbonyl (C=O) groups is 1. The van der Waals surface area contributed by atoms with Gasteiger partial charge in [0.2, 0.25) is 0 Å². The van der Waals surface area contributed by atoms with Crippen molar-refractivity contribution >= 4 is 5.78 Å². The Morgan fingerprint density at radius 1 is 1.26 bits per heavy atom. The van der Waals surface area contributed by atoms with Crippen molar-refractivity contribution in [3.8, 4) is 5.75 Å². The Morgan fingerprint density at radius 3 is 2.83 bits per heavy atom. The maximum Gasteiger partial charge on any atom is 0.139 e. The zero-order valence-corrected chi connectivity index (χ0v) is 14.6. The summed E-state index contributed by atoms with van der Waals surface area (Å²) in [5.74, 6) is 4.13. The van der Waals surface area contributed by atoms with Crippen LogP contribution in [0, 0.1) is 23.2 Å². The van der Waals surface area contributed by atoms with E-state index in [1.165, 1.54) is 18.4 Å². The van der Waals surface area contributed by atoms with Crippen LogP contribution in [-0.4, -0.2) is 12.9 Å². The van der Waals surface area contributed by atoms with Gasteiger partial charge in [-0.05, 0) is 72.6 Å². The number of Topliss-reactive ketones (excluding diaryl/α,β-unsaturated/α-hetero) is 1. The predicted molar refractivity (Wildman–Crippen MR) is 91.8 cm³/mol. The lowest BCUT2D eigenvalue weighted by Gasteiger charge is -2.52. The lowest BCUT2D eigenvalue weighted by molar-refractivity contribution is -0.131. The Morgan fingerprint density at radius 2 is 2.09 bits per heavy atom. The maximum absolute atomic E-state index is 12.6. The average Bonchev–Trinajstić information content (AvgIpc) is 2.88. The number of ether oxygens (including phenoxy) is 1. The van der Waals surface area contributed by atoms with Gasteiger partial charge in [-0.2, -0.15) is 0 Å². The zero-order valence-electron chi connectivity index (χ0n) is 14.6. The molecule has 2 heteroatoms. The molecule has 0 aromatic heterocycles. The highest BCUT2D eigenvalue weighted by Gasteiger charge is 2.57. The summed E-state index contributed by atoms with van der Waals surface area (Å²) in [5.41, 5.74) is 3.00. The monoisotopic (exact) mass is 312 g/mol. The van der Waals surface area contributed by atoms with Gasteiger partial charge in [-0.1, -0.05) is 26.3 Å². The molecular formula is C21H28O2. The van der Waals surface area contributed by atoms with Gasteiger partial charge >= 0.3 is 0 Å². The summed E-state index contributed by atoms with van der Waals surface area (Å²) < 4.78 is 5.42. The minimum absolute atomic E-state index is 0.0359. The first-order chi connectivity index (χ1) is 11.1. The van der Waals surface area contributed by atoms with Gasteiger partial charge in [0.05, 0.1) is 7.11 Å². The Kier molecular flexibility index (Phi) is 3.55. The molecule has 3 aliphatic carbocycles. The summed E-state index contributed by atoms with van der Waals surface area (Å²) in [5, 5.41) is 0. The molecule has 0 unspecified atom stereocenters. The van der Waals surface area contributed by atoms with E-state index in [2.05, 4.69) is 32.0 Å². The molecule has 0 aliphatic heterocycles. The summed E-state index contributed by atoms with van der Waals surface area (Å²) >= 11 is 0. The molecule has 0 amide bonds. The largest absolute Gasteiger partial charge is 0.497 e. The highest BCUT2D eigenvalue weighted by molar-refractivity contribution is 5.87. The molecule has 0 saturated heterocycles. The molecule has 2 saturated carbocycles. The van der Waals surface area contributed by atoms with Gasteiger partial charge < -0.3 is 4.74 Å². The molecular weight excluding hydrogens is 284 g/mol. The van der Waals surface area contributed by atoms with Crippen LogP contribution < -0.4 is 4.74 Å². The van der Waals surface area contributed by atoms with Crippen LogP contribution in [0.2, 0.25) is 0 Å². The third kappa shape index (κ3) is 2.10. The van der Waals surface area contributed by atoms with Crippen molar-refractivity contribution in [2.45, 2.75) is 58.3 Å². The first-order valence-corrected chi connectivity index (χ1v) is 9.28. The summed E-state index contributed by atoms with van der Waals surface area (Å²) in [6.07, 6.45) is 6.61. The highest BCUT2D eigenvalue weighted by Crippen LogP contribution is 2.62. The van der Waals surface area contributed by atoms with Crippen LogP contribution in [0.1, 0.15) is 63.0 Å². The van der Waals surface area contributed by atoms with Crippen molar-refractivity contribution in [3.05, 3.63) is 29.3 Å². The maximum atomic E-state index is 12.6. The van der Waals surface area contributed by atoms with E-state index in [1.54, 1.807) is 12.7 Å². The van der Waals surface area contributed by atoms with Gasteiger partial charge in [-0.25, -0.2) is 0 Å². The Labute approximate surface area is 139 Å². The van der Waals surface area contributed by atoms with E-state index in [-0.39, 0.29) is 5.41 Å². The number of fused-ring (bicyclic) bond motifs is 5. The topological polar surface area (TPSA) is 26.3 Å². The van der Waals surface area contributed by atoms with Crippen molar-refractivity contribution in [2.75, 3.05) is 7.11 Å². The third-order valence-corrected chi connectivity index (χ3v) is 7.29. The number of benzene rings is 1. The van der Waals surface area contributed by atoms with E-state index < -0.39 is 0 Å². The lowest BCUT2D eigenvalue weighted by Crippen LogP contribution is -2.46. The number of rotatable bonds is 2. The first kappa shape index (κ1) is 15.2. The third-order valence-electron chi connectivity index (χ3n) is 7.29. The van der Waals surface area contributed by atoms with Gasteiger partial charge in [0.25, 0.3) is 0 Å². The summed E-state index contributed by atoms with van der Waals surface area (Å²) in [7, 11) is 1.75. The molecule has 23 heavy (non-hydrogen) atoms. The quantitative estimate of drug-likeness (QED) is 0.787. The SMILES string of the molecule is CC[C@@H]1C[C@]2(C)C(=O)CC[C@H]2[C@H]2CCc3cc(OC)ccc3[C@@H]12. The van der Waals surface area contributed by atoms with Gasteiger partial charge in [0.1, 0.15) is 11.5 Å². The van der Waals surface area contributed by atoms with Crippen molar-refractivity contribution in [3.63, 3.8) is 0 Å². The number of aryl methyl sites for hydroxylation is 1. The van der Waals surface area contributed by atoms with E-state index in [0.29, 0.717) is 29.5 Å². The summed E-state index contributed by atoms with van der Waals surface area (Å²) in [6, 6.07) is 6.68. The molecule has 124 valence electrons. The van der Waals surface area contributed by atoms with Crippen LogP contribution in [0.4, 0.5) is 0 Å². The molecule has 0 bridgehead atoms. The fourth-order valence-corrected chi connectivity index (χ4v) is 6.16. The molecule has 2 fully saturated rings. The van der Waals surface area contributed by atoms with E-state index in [1.807, 2.05) is 0 Å². The predicted octanol–water partition coefficient (Wildman–Crippen LogP) is 4.76. The number of hydrogen-bond donors (Lipinski definition) is 0. The van der Waals surface area contributed by atoms with Crippen LogP contribution in [0.3, 0.4) is 0 Å². The number of methoxy groups -OCH3 is 1. The second-order valence-electron chi connectivity index (χ2n) is 8.15. The smallest absolute Gasteiger partial charge is 0.139 e. The van der Waals surface area contributed by atoms with Crippen molar-refractivity contribution in [1.82, 2.24) is 0 Å². The Balaban J connectivity index is 1.77. The fraction of sp³-hybridized carbons (Fsp3) is 0.667. The fourth-order valence-electron chi connectivity index (χ4n) is 6.16. The van der Waals surface area contributed by atoms with Crippen LogP contribution in [-0.2, 0) is 11.2 Å². The molecule has 1 aromatic carbocycles. The van der Waals surface area contributed by atoms with E-state index in [4.69, 9.17) is 4.74 Å². The molecule has 3 aliphatic rings. The van der Waals surface area contributed by atoms with Crippen LogP contribution >= 0.6 is 0 Å². The lowest BCUT2D eigenvalue weighted by atomic mass is 9.51. The van der Waals surface area contributed by atoms with E-state index in [9.17, 15) is 4.79 Å². The molecule has 0 N–H and O–H groups in total. The molecule has 0 heterocycles. The molecule has 0 spiro atoms. The highest BCUT2D eigenvalue weighted by atomic mass is 16.5. The van der Waals surface area contributed by atoms with Crippen LogP contribution in [0.15, 0.2) is 18.2 Å². The van der Waals surface area contributed by atoms with Gasteiger partial charge in [-0.3, -0.25) is 4.79 Å². The summed E-state index contributed by atoms with van der Waals surface area (Å²) in [6.45, 7) is 4.58. The number of hydrogen-bond acceptors (Lipinski definition) is 2. The normalized spacial score (nSPS) is 38.7.